The summed E-state index contributed by atoms with van der Waals surface area (Å²) in [5, 5.41) is 0. The number of pyridine rings is 1. The molecule has 0 amide bonds. The van der Waals surface area contributed by atoms with Gasteiger partial charge in [-0.05, 0) is 19.4 Å². The molecular formula is C17H23N3O2. The Kier molecular flexibility index (Phi) is 6.61. The number of hydrogen-bond acceptors (Lipinski definition) is 5. The van der Waals surface area contributed by atoms with Crippen molar-refractivity contribution in [2.75, 3.05) is 13.2 Å². The fraction of sp³-hybridized carbons (Fsp3) is 0.471. The van der Waals surface area contributed by atoms with Crippen LogP contribution >= 0.6 is 0 Å². The van der Waals surface area contributed by atoms with E-state index in [2.05, 4.69) is 21.9 Å². The minimum atomic E-state index is 0.604. The topological polar surface area (TPSA) is 57.1 Å². The van der Waals surface area contributed by atoms with Gasteiger partial charge >= 0.3 is 0 Å². The van der Waals surface area contributed by atoms with Crippen LogP contribution in [-0.4, -0.2) is 28.2 Å². The number of aromatic nitrogens is 3. The average Bonchev–Trinajstić information content (AvgIpc) is 2.56. The van der Waals surface area contributed by atoms with Crippen molar-refractivity contribution < 1.29 is 9.47 Å². The van der Waals surface area contributed by atoms with E-state index < -0.39 is 0 Å². The van der Waals surface area contributed by atoms with Gasteiger partial charge in [0.1, 0.15) is 0 Å². The van der Waals surface area contributed by atoms with Crippen molar-refractivity contribution in [3.63, 3.8) is 0 Å². The Morgan fingerprint density at radius 2 is 1.68 bits per heavy atom. The summed E-state index contributed by atoms with van der Waals surface area (Å²) in [5.41, 5.74) is 0.859. The summed E-state index contributed by atoms with van der Waals surface area (Å²) in [7, 11) is 0. The van der Waals surface area contributed by atoms with Gasteiger partial charge in [-0.15, -0.1) is 0 Å². The van der Waals surface area contributed by atoms with Gasteiger partial charge in [0, 0.05) is 17.8 Å². The van der Waals surface area contributed by atoms with Crippen molar-refractivity contribution in [1.82, 2.24) is 15.0 Å². The maximum atomic E-state index is 5.63. The summed E-state index contributed by atoms with van der Waals surface area (Å²) < 4.78 is 10.9. The predicted molar refractivity (Wildman–Crippen MR) is 86.1 cm³/mol. The second kappa shape index (κ2) is 8.97. The van der Waals surface area contributed by atoms with E-state index in [1.54, 1.807) is 18.6 Å². The second-order valence-electron chi connectivity index (χ2n) is 4.97. The smallest absolute Gasteiger partial charge is 0.213 e. The van der Waals surface area contributed by atoms with E-state index >= 15 is 0 Å². The average molecular weight is 301 g/mol. The first kappa shape index (κ1) is 16.2. The number of ether oxygens (including phenoxy) is 2. The van der Waals surface area contributed by atoms with E-state index in [1.165, 1.54) is 19.3 Å². The van der Waals surface area contributed by atoms with Crippen molar-refractivity contribution in [2.24, 2.45) is 0 Å². The van der Waals surface area contributed by atoms with Crippen molar-refractivity contribution in [3.8, 4) is 23.0 Å². The van der Waals surface area contributed by atoms with Crippen LogP contribution in [-0.2, 0) is 0 Å². The molecule has 2 rings (SSSR count). The zero-order valence-electron chi connectivity index (χ0n) is 13.3. The van der Waals surface area contributed by atoms with E-state index in [0.717, 1.165) is 12.0 Å². The van der Waals surface area contributed by atoms with Crippen LogP contribution in [0.1, 0.15) is 39.5 Å². The molecule has 0 spiro atoms. The molecule has 2 heterocycles. The Balaban J connectivity index is 1.88. The minimum Gasteiger partial charge on any atom is -0.490 e. The molecule has 0 fully saturated rings. The normalized spacial score (nSPS) is 10.5. The SMILES string of the molecule is CCCCCCOc1cnc(-c2ccc(OCC)nc2)nc1. The lowest BCUT2D eigenvalue weighted by molar-refractivity contribution is 0.303. The first-order valence-electron chi connectivity index (χ1n) is 7.87. The molecule has 0 aliphatic heterocycles. The van der Waals surface area contributed by atoms with Crippen LogP contribution in [0.5, 0.6) is 11.6 Å². The van der Waals surface area contributed by atoms with Crippen LogP contribution in [0.3, 0.4) is 0 Å². The molecule has 2 aromatic rings. The second-order valence-corrected chi connectivity index (χ2v) is 4.97. The van der Waals surface area contributed by atoms with Gasteiger partial charge in [-0.3, -0.25) is 0 Å². The quantitative estimate of drug-likeness (QED) is 0.657. The first-order valence-corrected chi connectivity index (χ1v) is 7.87. The maximum Gasteiger partial charge on any atom is 0.213 e. The molecule has 22 heavy (non-hydrogen) atoms. The van der Waals surface area contributed by atoms with Gasteiger partial charge < -0.3 is 9.47 Å². The Bertz CT molecular complexity index is 541. The van der Waals surface area contributed by atoms with Crippen LogP contribution in [0.25, 0.3) is 11.4 Å². The maximum absolute atomic E-state index is 5.63. The fourth-order valence-electron chi connectivity index (χ4n) is 2.00. The first-order chi connectivity index (χ1) is 10.8. The van der Waals surface area contributed by atoms with Gasteiger partial charge in [0.05, 0.1) is 25.6 Å². The van der Waals surface area contributed by atoms with Crippen LogP contribution in [0.2, 0.25) is 0 Å². The fourth-order valence-corrected chi connectivity index (χ4v) is 2.00. The van der Waals surface area contributed by atoms with Crippen molar-refractivity contribution >= 4 is 0 Å². The highest BCUT2D eigenvalue weighted by molar-refractivity contribution is 5.53. The summed E-state index contributed by atoms with van der Waals surface area (Å²) in [6, 6.07) is 3.72. The summed E-state index contributed by atoms with van der Waals surface area (Å²) >= 11 is 0. The van der Waals surface area contributed by atoms with Gasteiger partial charge in [0.2, 0.25) is 5.88 Å². The molecule has 118 valence electrons. The van der Waals surface area contributed by atoms with Crippen LogP contribution < -0.4 is 9.47 Å². The number of unbranched alkanes of at least 4 members (excludes halogenated alkanes) is 3. The van der Waals surface area contributed by atoms with Crippen LogP contribution in [0, 0.1) is 0 Å². The third-order valence-electron chi connectivity index (χ3n) is 3.18. The monoisotopic (exact) mass is 301 g/mol. The molecule has 0 radical (unpaired) electrons. The standard InChI is InChI=1S/C17H23N3O2/c1-3-5-6-7-10-22-15-12-19-17(20-13-15)14-8-9-16(18-11-14)21-4-2/h8-9,11-13H,3-7,10H2,1-2H3. The number of rotatable bonds is 9. The molecule has 0 unspecified atom stereocenters. The summed E-state index contributed by atoms with van der Waals surface area (Å²) in [6.45, 7) is 5.45. The third-order valence-corrected chi connectivity index (χ3v) is 3.18. The van der Waals surface area contributed by atoms with Gasteiger partial charge in [-0.1, -0.05) is 26.2 Å². The highest BCUT2D eigenvalue weighted by Crippen LogP contribution is 2.18. The minimum absolute atomic E-state index is 0.604. The molecule has 0 bridgehead atoms. The zero-order chi connectivity index (χ0) is 15.6. The lowest BCUT2D eigenvalue weighted by atomic mass is 10.2. The summed E-state index contributed by atoms with van der Waals surface area (Å²) in [5.74, 6) is 1.95. The molecule has 0 aliphatic rings. The predicted octanol–water partition coefficient (Wildman–Crippen LogP) is 3.90. The van der Waals surface area contributed by atoms with Gasteiger partial charge in [0.15, 0.2) is 11.6 Å². The lowest BCUT2D eigenvalue weighted by Crippen LogP contribution is -1.99. The Hall–Kier alpha value is -2.17. The van der Waals surface area contributed by atoms with Gasteiger partial charge in [-0.2, -0.15) is 0 Å². The molecule has 2 aromatic heterocycles. The number of hydrogen-bond donors (Lipinski definition) is 0. The van der Waals surface area contributed by atoms with Gasteiger partial charge in [-0.25, -0.2) is 15.0 Å². The van der Waals surface area contributed by atoms with Crippen LogP contribution in [0.15, 0.2) is 30.7 Å². The molecule has 0 saturated heterocycles. The third kappa shape index (κ3) is 4.98. The largest absolute Gasteiger partial charge is 0.490 e. The Morgan fingerprint density at radius 3 is 2.32 bits per heavy atom. The molecule has 0 atom stereocenters. The molecule has 0 saturated carbocycles. The van der Waals surface area contributed by atoms with E-state index in [1.807, 2.05) is 19.1 Å². The molecular weight excluding hydrogens is 278 g/mol. The Labute approximate surface area is 131 Å². The molecule has 0 aromatic carbocycles. The van der Waals surface area contributed by atoms with Gasteiger partial charge in [0.25, 0.3) is 0 Å². The van der Waals surface area contributed by atoms with E-state index in [-0.39, 0.29) is 0 Å². The van der Waals surface area contributed by atoms with E-state index in [0.29, 0.717) is 30.7 Å². The van der Waals surface area contributed by atoms with Crippen molar-refractivity contribution in [3.05, 3.63) is 30.7 Å². The highest BCUT2D eigenvalue weighted by atomic mass is 16.5. The molecule has 5 heteroatoms. The zero-order valence-corrected chi connectivity index (χ0v) is 13.3. The molecule has 0 N–H and O–H groups in total. The molecule has 5 nitrogen and oxygen atoms in total. The lowest BCUT2D eigenvalue weighted by Gasteiger charge is -2.06. The highest BCUT2D eigenvalue weighted by Gasteiger charge is 2.03. The van der Waals surface area contributed by atoms with Crippen molar-refractivity contribution in [2.45, 2.75) is 39.5 Å². The summed E-state index contributed by atoms with van der Waals surface area (Å²) in [4.78, 5) is 12.9. The summed E-state index contributed by atoms with van der Waals surface area (Å²) in [6.07, 6.45) is 9.88. The molecule has 0 aliphatic carbocycles. The van der Waals surface area contributed by atoms with Crippen LogP contribution in [0.4, 0.5) is 0 Å². The number of nitrogens with zero attached hydrogens (tertiary/aromatic N) is 3. The van der Waals surface area contributed by atoms with E-state index in [4.69, 9.17) is 9.47 Å². The van der Waals surface area contributed by atoms with E-state index in [9.17, 15) is 0 Å². The van der Waals surface area contributed by atoms with Crippen molar-refractivity contribution in [1.29, 1.82) is 0 Å². The Morgan fingerprint density at radius 1 is 0.864 bits per heavy atom.